The van der Waals surface area contributed by atoms with E-state index in [1.165, 1.54) is 11.3 Å². The van der Waals surface area contributed by atoms with Gasteiger partial charge in [0.15, 0.2) is 5.13 Å². The summed E-state index contributed by atoms with van der Waals surface area (Å²) in [6.45, 7) is 0.554. The molecule has 0 atom stereocenters. The molecule has 6 nitrogen and oxygen atoms in total. The fourth-order valence-electron chi connectivity index (χ4n) is 2.72. The second-order valence-electron chi connectivity index (χ2n) is 5.90. The van der Waals surface area contributed by atoms with Crippen LogP contribution in [-0.4, -0.2) is 27.4 Å². The van der Waals surface area contributed by atoms with Gasteiger partial charge in [-0.3, -0.25) is 14.8 Å². The molecule has 0 bridgehead atoms. The number of pyridine rings is 2. The van der Waals surface area contributed by atoms with Crippen molar-refractivity contribution in [3.63, 3.8) is 0 Å². The maximum Gasteiger partial charge on any atom is 0.270 e. The Morgan fingerprint density at radius 1 is 1.04 bits per heavy atom. The molecular weight excluding hydrogens is 358 g/mol. The summed E-state index contributed by atoms with van der Waals surface area (Å²) in [5.41, 5.74) is 3.37. The first kappa shape index (κ1) is 17.1. The fraction of sp³-hybridized carbons (Fsp3) is 0.100. The highest BCUT2D eigenvalue weighted by atomic mass is 32.1. The first-order valence-corrected chi connectivity index (χ1v) is 9.41. The van der Waals surface area contributed by atoms with Crippen LogP contribution in [0.1, 0.15) is 16.1 Å². The van der Waals surface area contributed by atoms with Crippen LogP contribution in [0.25, 0.3) is 10.9 Å². The summed E-state index contributed by atoms with van der Waals surface area (Å²) >= 11 is 1.40. The highest BCUT2D eigenvalue weighted by molar-refractivity contribution is 7.14. The molecule has 0 aliphatic heterocycles. The highest BCUT2D eigenvalue weighted by Crippen LogP contribution is 2.26. The number of nitrogens with one attached hydrogen (secondary N) is 2. The molecule has 0 saturated carbocycles. The van der Waals surface area contributed by atoms with E-state index >= 15 is 0 Å². The number of benzene rings is 1. The largest absolute Gasteiger partial charge is 0.350 e. The van der Waals surface area contributed by atoms with E-state index in [9.17, 15) is 4.79 Å². The molecule has 0 fully saturated rings. The molecule has 0 spiro atoms. The number of hydrogen-bond donors (Lipinski definition) is 2. The Kier molecular flexibility index (Phi) is 5.02. The van der Waals surface area contributed by atoms with E-state index in [1.807, 2.05) is 42.5 Å². The summed E-state index contributed by atoms with van der Waals surface area (Å²) in [6, 6.07) is 13.7. The predicted octanol–water partition coefficient (Wildman–Crippen LogP) is 3.80. The topological polar surface area (TPSA) is 79.8 Å². The standard InChI is InChI=1S/C20H17N5OS/c26-19(23-12-8-14-6-10-21-11-7-14)18-13-27-20(25-18)24-17-5-1-4-16-15(17)3-2-9-22-16/h1-7,9-11,13H,8,12H2,(H,23,26)(H,24,25). The Bertz CT molecular complexity index is 1060. The second-order valence-corrected chi connectivity index (χ2v) is 6.76. The van der Waals surface area contributed by atoms with Crippen LogP contribution in [-0.2, 0) is 6.42 Å². The Hall–Kier alpha value is -3.32. The van der Waals surface area contributed by atoms with Gasteiger partial charge < -0.3 is 10.6 Å². The van der Waals surface area contributed by atoms with Gasteiger partial charge in [0, 0.05) is 41.6 Å². The maximum atomic E-state index is 12.3. The SMILES string of the molecule is O=C(NCCc1ccncc1)c1csc(Nc2cccc3ncccc23)n1. The van der Waals surface area contributed by atoms with Gasteiger partial charge in [-0.1, -0.05) is 6.07 Å². The minimum Gasteiger partial charge on any atom is -0.350 e. The first-order chi connectivity index (χ1) is 13.3. The molecule has 0 radical (unpaired) electrons. The van der Waals surface area contributed by atoms with Crippen molar-refractivity contribution in [1.29, 1.82) is 0 Å². The quantitative estimate of drug-likeness (QED) is 0.536. The summed E-state index contributed by atoms with van der Waals surface area (Å²) in [5, 5.41) is 9.63. The van der Waals surface area contributed by atoms with Gasteiger partial charge in [-0.25, -0.2) is 4.98 Å². The van der Waals surface area contributed by atoms with Gasteiger partial charge in [-0.15, -0.1) is 11.3 Å². The van der Waals surface area contributed by atoms with Crippen molar-refractivity contribution in [3.8, 4) is 0 Å². The third-order valence-corrected chi connectivity index (χ3v) is 4.83. The molecule has 1 amide bonds. The summed E-state index contributed by atoms with van der Waals surface area (Å²) < 4.78 is 0. The van der Waals surface area contributed by atoms with E-state index in [1.54, 1.807) is 24.0 Å². The average molecular weight is 375 g/mol. The van der Waals surface area contributed by atoms with Crippen molar-refractivity contribution in [2.75, 3.05) is 11.9 Å². The number of carbonyl (C=O) groups is 1. The second kappa shape index (κ2) is 7.92. The third-order valence-electron chi connectivity index (χ3n) is 4.07. The monoisotopic (exact) mass is 375 g/mol. The molecule has 0 saturated heterocycles. The molecule has 7 heteroatoms. The minimum absolute atomic E-state index is 0.173. The summed E-state index contributed by atoms with van der Waals surface area (Å²) in [5.74, 6) is -0.173. The van der Waals surface area contributed by atoms with Gasteiger partial charge in [-0.2, -0.15) is 0 Å². The van der Waals surface area contributed by atoms with Gasteiger partial charge in [0.1, 0.15) is 5.69 Å². The van der Waals surface area contributed by atoms with Crippen LogP contribution in [0.3, 0.4) is 0 Å². The molecule has 3 aromatic heterocycles. The number of carbonyl (C=O) groups excluding carboxylic acids is 1. The van der Waals surface area contributed by atoms with Crippen molar-refractivity contribution < 1.29 is 4.79 Å². The van der Waals surface area contributed by atoms with E-state index in [4.69, 9.17) is 0 Å². The number of rotatable bonds is 6. The number of nitrogens with zero attached hydrogens (tertiary/aromatic N) is 3. The lowest BCUT2D eigenvalue weighted by Crippen LogP contribution is -2.25. The van der Waals surface area contributed by atoms with Crippen LogP contribution < -0.4 is 10.6 Å². The molecule has 134 valence electrons. The molecule has 3 heterocycles. The molecule has 1 aromatic carbocycles. The normalized spacial score (nSPS) is 10.7. The first-order valence-electron chi connectivity index (χ1n) is 8.53. The van der Waals surface area contributed by atoms with Crippen LogP contribution in [0.2, 0.25) is 0 Å². The lowest BCUT2D eigenvalue weighted by atomic mass is 10.2. The lowest BCUT2D eigenvalue weighted by Gasteiger charge is -2.06. The summed E-state index contributed by atoms with van der Waals surface area (Å²) in [4.78, 5) is 25.0. The Balaban J connectivity index is 1.40. The van der Waals surface area contributed by atoms with Crippen molar-refractivity contribution in [2.45, 2.75) is 6.42 Å². The van der Waals surface area contributed by atoms with Crippen molar-refractivity contribution >= 4 is 39.0 Å². The minimum atomic E-state index is -0.173. The number of hydrogen-bond acceptors (Lipinski definition) is 6. The molecule has 27 heavy (non-hydrogen) atoms. The molecular formula is C20H17N5OS. The van der Waals surface area contributed by atoms with E-state index in [2.05, 4.69) is 25.6 Å². The van der Waals surface area contributed by atoms with E-state index in [0.717, 1.165) is 28.6 Å². The van der Waals surface area contributed by atoms with Crippen molar-refractivity contribution in [1.82, 2.24) is 20.3 Å². The van der Waals surface area contributed by atoms with Crippen LogP contribution in [0, 0.1) is 0 Å². The van der Waals surface area contributed by atoms with Crippen LogP contribution in [0.5, 0.6) is 0 Å². The lowest BCUT2D eigenvalue weighted by molar-refractivity contribution is 0.0950. The van der Waals surface area contributed by atoms with Crippen LogP contribution in [0.15, 0.2) is 66.4 Å². The predicted molar refractivity (Wildman–Crippen MR) is 107 cm³/mol. The van der Waals surface area contributed by atoms with E-state index < -0.39 is 0 Å². The van der Waals surface area contributed by atoms with Gasteiger partial charge in [0.25, 0.3) is 5.91 Å². The van der Waals surface area contributed by atoms with Gasteiger partial charge in [-0.05, 0) is 48.4 Å². The van der Waals surface area contributed by atoms with E-state index in [0.29, 0.717) is 17.4 Å². The van der Waals surface area contributed by atoms with Gasteiger partial charge >= 0.3 is 0 Å². The molecule has 4 aromatic rings. The number of amides is 1. The molecule has 0 aliphatic rings. The zero-order chi connectivity index (χ0) is 18.5. The maximum absolute atomic E-state index is 12.3. The molecule has 0 aliphatic carbocycles. The smallest absolute Gasteiger partial charge is 0.270 e. The number of anilines is 2. The Morgan fingerprint density at radius 3 is 2.81 bits per heavy atom. The molecule has 4 rings (SSSR count). The van der Waals surface area contributed by atoms with Gasteiger partial charge in [0.2, 0.25) is 0 Å². The van der Waals surface area contributed by atoms with Crippen LogP contribution >= 0.6 is 11.3 Å². The third kappa shape index (κ3) is 4.09. The number of fused-ring (bicyclic) bond motifs is 1. The average Bonchev–Trinajstić information content (AvgIpc) is 3.18. The summed E-state index contributed by atoms with van der Waals surface area (Å²) in [6.07, 6.45) is 6.02. The van der Waals surface area contributed by atoms with E-state index in [-0.39, 0.29) is 5.91 Å². The molecule has 0 unspecified atom stereocenters. The highest BCUT2D eigenvalue weighted by Gasteiger charge is 2.11. The van der Waals surface area contributed by atoms with Crippen molar-refractivity contribution in [2.24, 2.45) is 0 Å². The fourth-order valence-corrected chi connectivity index (χ4v) is 3.43. The Labute approximate surface area is 160 Å². The zero-order valence-electron chi connectivity index (χ0n) is 14.4. The van der Waals surface area contributed by atoms with Crippen LogP contribution in [0.4, 0.5) is 10.8 Å². The number of aromatic nitrogens is 3. The number of thiazole rings is 1. The molecule has 2 N–H and O–H groups in total. The summed E-state index contributed by atoms with van der Waals surface area (Å²) in [7, 11) is 0. The van der Waals surface area contributed by atoms with Gasteiger partial charge in [0.05, 0.1) is 5.52 Å². The zero-order valence-corrected chi connectivity index (χ0v) is 15.2. The van der Waals surface area contributed by atoms with Crippen molar-refractivity contribution in [3.05, 3.63) is 77.7 Å². The Morgan fingerprint density at radius 2 is 1.93 bits per heavy atom.